The third-order valence-electron chi connectivity index (χ3n) is 3.62. The van der Waals surface area contributed by atoms with E-state index in [0.29, 0.717) is 23.5 Å². The van der Waals surface area contributed by atoms with Crippen molar-refractivity contribution >= 4 is 11.5 Å². The Balaban J connectivity index is 1.87. The van der Waals surface area contributed by atoms with Crippen molar-refractivity contribution in [3.05, 3.63) is 30.1 Å². The first-order valence-electron chi connectivity index (χ1n) is 7.90. The highest BCUT2D eigenvalue weighted by Gasteiger charge is 2.27. The number of ether oxygens (including phenoxy) is 2. The topological polar surface area (TPSA) is 68.7 Å². The Morgan fingerprint density at radius 3 is 2.77 bits per heavy atom. The number of pyridine rings is 1. The van der Waals surface area contributed by atoms with E-state index in [-0.39, 0.29) is 0 Å². The summed E-state index contributed by atoms with van der Waals surface area (Å²) in [5.74, 6) is 0.0286. The maximum Gasteiger partial charge on any atom is 0.333 e. The van der Waals surface area contributed by atoms with Crippen LogP contribution in [0, 0.1) is 0 Å². The fourth-order valence-corrected chi connectivity index (χ4v) is 2.41. The van der Waals surface area contributed by atoms with Crippen LogP contribution in [0.4, 0.5) is 0 Å². The Morgan fingerprint density at radius 2 is 2.05 bits per heavy atom. The molecule has 120 valence electrons. The van der Waals surface area contributed by atoms with Gasteiger partial charge in [0.05, 0.1) is 12.8 Å². The Labute approximate surface area is 131 Å². The number of unbranched alkanes of at least 4 members (excludes halogenated alkanes) is 5. The molecule has 1 aromatic heterocycles. The number of rotatable bonds is 9. The number of hydrogen-bond donors (Lipinski definition) is 1. The summed E-state index contributed by atoms with van der Waals surface area (Å²) in [5, 5.41) is 9.74. The second-order valence-corrected chi connectivity index (χ2v) is 5.38. The zero-order valence-electron chi connectivity index (χ0n) is 13.0. The third-order valence-corrected chi connectivity index (χ3v) is 3.62. The van der Waals surface area contributed by atoms with Gasteiger partial charge in [0.25, 0.3) is 0 Å². The molecular formula is C17H23NO4. The van der Waals surface area contributed by atoms with Gasteiger partial charge in [0.15, 0.2) is 0 Å². The highest BCUT2D eigenvalue weighted by atomic mass is 16.6. The molecule has 1 aliphatic rings. The first-order valence-corrected chi connectivity index (χ1v) is 7.90. The van der Waals surface area contributed by atoms with Crippen molar-refractivity contribution in [2.45, 2.75) is 51.7 Å². The molecule has 0 aromatic carbocycles. The van der Waals surface area contributed by atoms with Crippen molar-refractivity contribution in [2.75, 3.05) is 6.61 Å². The normalized spacial score (nSPS) is 17.3. The molecule has 0 bridgehead atoms. The van der Waals surface area contributed by atoms with E-state index in [9.17, 15) is 9.90 Å². The fraction of sp³-hybridized carbons (Fsp3) is 0.529. The number of esters is 1. The number of nitrogens with zero attached hydrogens (tertiary/aromatic N) is 1. The smallest absolute Gasteiger partial charge is 0.333 e. The summed E-state index contributed by atoms with van der Waals surface area (Å²) in [6, 6.07) is 1.72. The molecule has 0 radical (unpaired) electrons. The Bertz CT molecular complexity index is 527. The standard InChI is InChI=1S/C17H23NO4/c1-2-3-4-5-6-7-10-21-15-12-18-9-8-13(15)14-11-16(19)22-17(14)20/h8-9,11-12,17,20H,2-7,10H2,1H3. The highest BCUT2D eigenvalue weighted by molar-refractivity contribution is 5.97. The summed E-state index contributed by atoms with van der Waals surface area (Å²) in [6.07, 6.45) is 10.4. The molecule has 0 spiro atoms. The zero-order chi connectivity index (χ0) is 15.8. The lowest BCUT2D eigenvalue weighted by Crippen LogP contribution is -2.10. The molecule has 22 heavy (non-hydrogen) atoms. The van der Waals surface area contributed by atoms with Crippen molar-refractivity contribution < 1.29 is 19.4 Å². The number of carbonyl (C=O) groups excluding carboxylic acids is 1. The van der Waals surface area contributed by atoms with Crippen LogP contribution in [-0.2, 0) is 9.53 Å². The Kier molecular flexibility index (Phi) is 6.40. The number of hydrogen-bond acceptors (Lipinski definition) is 5. The van der Waals surface area contributed by atoms with Gasteiger partial charge in [0.2, 0.25) is 6.29 Å². The molecule has 0 saturated carbocycles. The van der Waals surface area contributed by atoms with Gasteiger partial charge in [-0.2, -0.15) is 0 Å². The molecule has 1 unspecified atom stereocenters. The van der Waals surface area contributed by atoms with Gasteiger partial charge in [-0.15, -0.1) is 0 Å². The van der Waals surface area contributed by atoms with Gasteiger partial charge in [-0.1, -0.05) is 39.0 Å². The monoisotopic (exact) mass is 305 g/mol. The molecule has 2 heterocycles. The molecule has 0 amide bonds. The van der Waals surface area contributed by atoms with Crippen LogP contribution in [0.3, 0.4) is 0 Å². The van der Waals surface area contributed by atoms with Crippen LogP contribution in [-0.4, -0.2) is 29.0 Å². The van der Waals surface area contributed by atoms with Crippen LogP contribution in [0.5, 0.6) is 5.75 Å². The van der Waals surface area contributed by atoms with Crippen LogP contribution < -0.4 is 4.74 Å². The Morgan fingerprint density at radius 1 is 1.27 bits per heavy atom. The molecule has 0 fully saturated rings. The van der Waals surface area contributed by atoms with Crippen LogP contribution in [0.25, 0.3) is 5.57 Å². The summed E-state index contributed by atoms with van der Waals surface area (Å²) in [4.78, 5) is 15.3. The quantitative estimate of drug-likeness (QED) is 0.561. The number of aliphatic hydroxyl groups is 1. The molecule has 1 N–H and O–H groups in total. The SMILES string of the molecule is CCCCCCCCOc1cnccc1C1=CC(=O)OC1O. The molecule has 0 aliphatic carbocycles. The molecule has 1 aromatic rings. The number of aromatic nitrogens is 1. The maximum atomic E-state index is 11.2. The maximum absolute atomic E-state index is 11.2. The number of aliphatic hydroxyl groups excluding tert-OH is 1. The first-order chi connectivity index (χ1) is 10.7. The largest absolute Gasteiger partial charge is 0.491 e. The molecule has 5 heteroatoms. The van der Waals surface area contributed by atoms with Gasteiger partial charge < -0.3 is 14.6 Å². The fourth-order valence-electron chi connectivity index (χ4n) is 2.41. The van der Waals surface area contributed by atoms with E-state index >= 15 is 0 Å². The van der Waals surface area contributed by atoms with Crippen molar-refractivity contribution in [1.29, 1.82) is 0 Å². The van der Waals surface area contributed by atoms with Gasteiger partial charge in [0, 0.05) is 23.4 Å². The number of carbonyl (C=O) groups is 1. The molecule has 5 nitrogen and oxygen atoms in total. The van der Waals surface area contributed by atoms with Gasteiger partial charge in [-0.3, -0.25) is 4.98 Å². The summed E-state index contributed by atoms with van der Waals surface area (Å²) < 4.78 is 10.5. The molecule has 1 aliphatic heterocycles. The minimum Gasteiger partial charge on any atom is -0.491 e. The van der Waals surface area contributed by atoms with Gasteiger partial charge >= 0.3 is 5.97 Å². The van der Waals surface area contributed by atoms with Crippen LogP contribution >= 0.6 is 0 Å². The minimum atomic E-state index is -1.23. The highest BCUT2D eigenvalue weighted by Crippen LogP contribution is 2.31. The lowest BCUT2D eigenvalue weighted by molar-refractivity contribution is -0.149. The van der Waals surface area contributed by atoms with E-state index in [1.54, 1.807) is 18.5 Å². The average Bonchev–Trinajstić information content (AvgIpc) is 2.85. The second-order valence-electron chi connectivity index (χ2n) is 5.38. The molecule has 0 saturated heterocycles. The molecule has 2 rings (SSSR count). The third kappa shape index (κ3) is 4.56. The lowest BCUT2D eigenvalue weighted by atomic mass is 10.1. The van der Waals surface area contributed by atoms with Crippen LogP contribution in [0.1, 0.15) is 51.0 Å². The van der Waals surface area contributed by atoms with Crippen LogP contribution in [0.2, 0.25) is 0 Å². The van der Waals surface area contributed by atoms with Crippen molar-refractivity contribution in [1.82, 2.24) is 4.98 Å². The summed E-state index contributed by atoms with van der Waals surface area (Å²) >= 11 is 0. The van der Waals surface area contributed by atoms with Gasteiger partial charge in [0.1, 0.15) is 5.75 Å². The van der Waals surface area contributed by atoms with Gasteiger partial charge in [-0.25, -0.2) is 4.79 Å². The first kappa shape index (κ1) is 16.5. The van der Waals surface area contributed by atoms with Crippen molar-refractivity contribution in [3.63, 3.8) is 0 Å². The number of cyclic esters (lactones) is 1. The predicted molar refractivity (Wildman–Crippen MR) is 83.2 cm³/mol. The van der Waals surface area contributed by atoms with E-state index in [2.05, 4.69) is 11.9 Å². The predicted octanol–water partition coefficient (Wildman–Crippen LogP) is 3.08. The lowest BCUT2D eigenvalue weighted by Gasteiger charge is -2.13. The van der Waals surface area contributed by atoms with Crippen molar-refractivity contribution in [3.8, 4) is 5.75 Å². The summed E-state index contributed by atoms with van der Waals surface area (Å²) in [6.45, 7) is 2.80. The summed E-state index contributed by atoms with van der Waals surface area (Å²) in [5.41, 5.74) is 1.07. The van der Waals surface area contributed by atoms with Gasteiger partial charge in [-0.05, 0) is 12.5 Å². The van der Waals surface area contributed by atoms with Crippen molar-refractivity contribution in [2.24, 2.45) is 0 Å². The Hall–Kier alpha value is -1.88. The van der Waals surface area contributed by atoms with E-state index in [1.165, 1.54) is 31.8 Å². The molecular weight excluding hydrogens is 282 g/mol. The van der Waals surface area contributed by atoms with E-state index in [1.807, 2.05) is 0 Å². The zero-order valence-corrected chi connectivity index (χ0v) is 13.0. The summed E-state index contributed by atoms with van der Waals surface area (Å²) in [7, 11) is 0. The van der Waals surface area contributed by atoms with E-state index in [4.69, 9.17) is 9.47 Å². The molecule has 1 atom stereocenters. The van der Waals surface area contributed by atoms with E-state index in [0.717, 1.165) is 12.8 Å². The average molecular weight is 305 g/mol. The minimum absolute atomic E-state index is 0.422. The second kappa shape index (κ2) is 8.54. The van der Waals surface area contributed by atoms with E-state index < -0.39 is 12.3 Å². The van der Waals surface area contributed by atoms with Crippen LogP contribution in [0.15, 0.2) is 24.5 Å².